The van der Waals surface area contributed by atoms with E-state index in [2.05, 4.69) is 10.1 Å². The lowest BCUT2D eigenvalue weighted by molar-refractivity contribution is 0.0683. The highest BCUT2D eigenvalue weighted by Crippen LogP contribution is 2.30. The summed E-state index contributed by atoms with van der Waals surface area (Å²) in [7, 11) is 0. The van der Waals surface area contributed by atoms with E-state index in [-0.39, 0.29) is 23.6 Å². The molecule has 7 nitrogen and oxygen atoms in total. The molecule has 2 heterocycles. The first-order valence-corrected chi connectivity index (χ1v) is 6.88. The van der Waals surface area contributed by atoms with Crippen LogP contribution in [0.3, 0.4) is 0 Å². The number of aliphatic hydroxyl groups excluding tert-OH is 1. The molecule has 1 aromatic carbocycles. The van der Waals surface area contributed by atoms with Crippen LogP contribution in [0.5, 0.6) is 0 Å². The van der Waals surface area contributed by atoms with Gasteiger partial charge in [0.2, 0.25) is 0 Å². The highest BCUT2D eigenvalue weighted by Gasteiger charge is 2.36. The standard InChI is InChI=1S/C15H11F2N3O4/c1-6-11(21)8(4-7-2-3-9(16)10(17)5-7)14(22)20-13(6)18-12(19-20)15(23)24/h2-3,5,8,21H,4H2,1H3,(H,23,24). The van der Waals surface area contributed by atoms with E-state index in [0.717, 1.165) is 16.8 Å². The average molecular weight is 335 g/mol. The number of fused-ring (bicyclic) bond motifs is 1. The van der Waals surface area contributed by atoms with E-state index in [1.54, 1.807) is 0 Å². The van der Waals surface area contributed by atoms with Crippen molar-refractivity contribution in [3.63, 3.8) is 0 Å². The first-order valence-electron chi connectivity index (χ1n) is 6.88. The van der Waals surface area contributed by atoms with Crippen LogP contribution in [0.15, 0.2) is 24.0 Å². The van der Waals surface area contributed by atoms with E-state index in [4.69, 9.17) is 5.11 Å². The highest BCUT2D eigenvalue weighted by molar-refractivity contribution is 5.92. The van der Waals surface area contributed by atoms with E-state index in [9.17, 15) is 23.5 Å². The van der Waals surface area contributed by atoms with E-state index in [1.165, 1.54) is 13.0 Å². The van der Waals surface area contributed by atoms with Gasteiger partial charge in [0.05, 0.1) is 0 Å². The van der Waals surface area contributed by atoms with Crippen LogP contribution in [-0.2, 0) is 6.42 Å². The van der Waals surface area contributed by atoms with Crippen LogP contribution < -0.4 is 0 Å². The molecule has 3 rings (SSSR count). The summed E-state index contributed by atoms with van der Waals surface area (Å²) in [4.78, 5) is 27.1. The molecule has 9 heteroatoms. The molecule has 24 heavy (non-hydrogen) atoms. The Balaban J connectivity index is 2.00. The zero-order valence-corrected chi connectivity index (χ0v) is 12.3. The lowest BCUT2D eigenvalue weighted by atomic mass is 9.92. The number of rotatable bonds is 3. The summed E-state index contributed by atoms with van der Waals surface area (Å²) in [5.41, 5.74) is 0.496. The average Bonchev–Trinajstić information content (AvgIpc) is 2.99. The topological polar surface area (TPSA) is 105 Å². The molecule has 1 atom stereocenters. The molecule has 0 fully saturated rings. The van der Waals surface area contributed by atoms with Crippen molar-refractivity contribution in [3.05, 3.63) is 52.8 Å². The maximum absolute atomic E-state index is 13.3. The second-order valence-corrected chi connectivity index (χ2v) is 5.33. The van der Waals surface area contributed by atoms with Crippen molar-refractivity contribution in [2.45, 2.75) is 13.3 Å². The lowest BCUT2D eigenvalue weighted by Crippen LogP contribution is -2.32. The largest absolute Gasteiger partial charge is 0.511 e. The minimum atomic E-state index is -1.41. The van der Waals surface area contributed by atoms with Crippen LogP contribution in [0.4, 0.5) is 8.78 Å². The molecule has 2 aromatic rings. The Morgan fingerprint density at radius 3 is 2.67 bits per heavy atom. The number of carboxylic acid groups (broad SMARTS) is 1. The fourth-order valence-electron chi connectivity index (χ4n) is 2.53. The number of aliphatic hydroxyl groups is 1. The number of aromatic nitrogens is 3. The number of hydrogen-bond acceptors (Lipinski definition) is 5. The third-order valence-electron chi connectivity index (χ3n) is 3.78. The minimum absolute atomic E-state index is 0.0589. The van der Waals surface area contributed by atoms with E-state index in [1.807, 2.05) is 0 Å². The second-order valence-electron chi connectivity index (χ2n) is 5.33. The zero-order valence-electron chi connectivity index (χ0n) is 12.3. The first kappa shape index (κ1) is 15.8. The van der Waals surface area contributed by atoms with Gasteiger partial charge >= 0.3 is 5.97 Å². The summed E-state index contributed by atoms with van der Waals surface area (Å²) in [5.74, 6) is -6.21. The van der Waals surface area contributed by atoms with Gasteiger partial charge in [0.15, 0.2) is 17.5 Å². The zero-order chi connectivity index (χ0) is 17.6. The molecule has 124 valence electrons. The smallest absolute Gasteiger partial charge is 0.375 e. The third-order valence-corrected chi connectivity index (χ3v) is 3.78. The van der Waals surface area contributed by atoms with Crippen LogP contribution in [-0.4, -0.2) is 36.9 Å². The molecule has 1 unspecified atom stereocenters. The van der Waals surface area contributed by atoms with E-state index >= 15 is 0 Å². The van der Waals surface area contributed by atoms with E-state index < -0.39 is 35.3 Å². The molecule has 0 aliphatic carbocycles. The van der Waals surface area contributed by atoms with Gasteiger partial charge in [-0.3, -0.25) is 4.79 Å². The summed E-state index contributed by atoms with van der Waals surface area (Å²) in [5, 5.41) is 22.8. The van der Waals surface area contributed by atoms with Gasteiger partial charge in [0.25, 0.3) is 11.7 Å². The summed E-state index contributed by atoms with van der Waals surface area (Å²) < 4.78 is 27.1. The van der Waals surface area contributed by atoms with Crippen LogP contribution in [0, 0.1) is 17.6 Å². The molecule has 1 aromatic heterocycles. The molecule has 0 saturated heterocycles. The van der Waals surface area contributed by atoms with Crippen molar-refractivity contribution in [2.75, 3.05) is 0 Å². The van der Waals surface area contributed by atoms with Gasteiger partial charge in [-0.2, -0.15) is 4.68 Å². The Bertz CT molecular complexity index is 904. The molecule has 2 N–H and O–H groups in total. The van der Waals surface area contributed by atoms with Crippen LogP contribution in [0.1, 0.15) is 33.7 Å². The summed E-state index contributed by atoms with van der Waals surface area (Å²) in [6, 6.07) is 3.16. The number of carboxylic acids is 1. The molecule has 0 spiro atoms. The predicted octanol–water partition coefficient (Wildman–Crippen LogP) is 2.06. The van der Waals surface area contributed by atoms with Crippen LogP contribution in [0.2, 0.25) is 0 Å². The highest BCUT2D eigenvalue weighted by atomic mass is 19.2. The molecular weight excluding hydrogens is 324 g/mol. The Hall–Kier alpha value is -3.10. The number of allylic oxidation sites excluding steroid dienone is 2. The fourth-order valence-corrected chi connectivity index (χ4v) is 2.53. The number of benzene rings is 1. The lowest BCUT2D eigenvalue weighted by Gasteiger charge is -2.22. The Morgan fingerprint density at radius 2 is 2.04 bits per heavy atom. The van der Waals surface area contributed by atoms with Crippen molar-refractivity contribution in [2.24, 2.45) is 5.92 Å². The van der Waals surface area contributed by atoms with Crippen molar-refractivity contribution < 1.29 is 28.6 Å². The number of carbonyl (C=O) groups excluding carboxylic acids is 1. The van der Waals surface area contributed by atoms with Crippen molar-refractivity contribution in [1.29, 1.82) is 0 Å². The molecule has 0 saturated carbocycles. The van der Waals surface area contributed by atoms with Gasteiger partial charge in [-0.25, -0.2) is 18.6 Å². The number of carbonyl (C=O) groups is 2. The van der Waals surface area contributed by atoms with Gasteiger partial charge in [-0.1, -0.05) is 6.07 Å². The summed E-state index contributed by atoms with van der Waals surface area (Å²) >= 11 is 0. The van der Waals surface area contributed by atoms with Gasteiger partial charge in [-0.05, 0) is 31.0 Å². The Labute approximate surface area is 133 Å². The summed E-state index contributed by atoms with van der Waals surface area (Å²) in [6.45, 7) is 1.46. The normalized spacial score (nSPS) is 17.1. The molecule has 0 radical (unpaired) electrons. The summed E-state index contributed by atoms with van der Waals surface area (Å²) in [6.07, 6.45) is -0.0963. The Kier molecular flexibility index (Phi) is 3.63. The molecule has 0 bridgehead atoms. The number of aromatic carboxylic acids is 1. The quantitative estimate of drug-likeness (QED) is 0.889. The SMILES string of the molecule is CC1=C(O)C(Cc2ccc(F)c(F)c2)C(=O)n2nc(C(=O)O)nc21. The van der Waals surface area contributed by atoms with Crippen molar-refractivity contribution in [1.82, 2.24) is 14.8 Å². The van der Waals surface area contributed by atoms with Crippen LogP contribution >= 0.6 is 0 Å². The fraction of sp³-hybridized carbons (Fsp3) is 0.200. The van der Waals surface area contributed by atoms with Gasteiger partial charge in [-0.15, -0.1) is 5.10 Å². The first-order chi connectivity index (χ1) is 11.3. The minimum Gasteiger partial charge on any atom is -0.511 e. The number of halogens is 2. The van der Waals surface area contributed by atoms with Gasteiger partial charge < -0.3 is 10.2 Å². The maximum Gasteiger partial charge on any atom is 0.375 e. The van der Waals surface area contributed by atoms with Gasteiger partial charge in [0, 0.05) is 5.57 Å². The van der Waals surface area contributed by atoms with Crippen LogP contribution in [0.25, 0.3) is 5.57 Å². The molecular formula is C15H11F2N3O4. The van der Waals surface area contributed by atoms with Crippen molar-refractivity contribution >= 4 is 17.4 Å². The molecule has 1 aliphatic heterocycles. The van der Waals surface area contributed by atoms with E-state index in [0.29, 0.717) is 5.56 Å². The number of hydrogen-bond donors (Lipinski definition) is 2. The Morgan fingerprint density at radius 1 is 1.33 bits per heavy atom. The number of nitrogens with zero attached hydrogens (tertiary/aromatic N) is 3. The van der Waals surface area contributed by atoms with Gasteiger partial charge in [0.1, 0.15) is 11.7 Å². The van der Waals surface area contributed by atoms with Crippen molar-refractivity contribution in [3.8, 4) is 0 Å². The third kappa shape index (κ3) is 2.43. The second kappa shape index (κ2) is 5.52. The maximum atomic E-state index is 13.3. The monoisotopic (exact) mass is 335 g/mol. The predicted molar refractivity (Wildman–Crippen MR) is 76.4 cm³/mol. The molecule has 0 amide bonds. The molecule has 1 aliphatic rings.